The van der Waals surface area contributed by atoms with Gasteiger partial charge in [-0.15, -0.1) is 0 Å². The molecule has 0 amide bonds. The Labute approximate surface area is 111 Å². The van der Waals surface area contributed by atoms with Crippen LogP contribution >= 0.6 is 0 Å². The zero-order valence-electron chi connectivity index (χ0n) is 12.7. The van der Waals surface area contributed by atoms with Crippen LogP contribution in [0.1, 0.15) is 58.8 Å². The van der Waals surface area contributed by atoms with Crippen molar-refractivity contribution in [2.75, 3.05) is 7.11 Å². The maximum atomic E-state index is 9.99. The highest BCUT2D eigenvalue weighted by Crippen LogP contribution is 2.39. The van der Waals surface area contributed by atoms with Crippen molar-refractivity contribution in [2.45, 2.75) is 53.1 Å². The fraction of sp³-hybridized carbons (Fsp3) is 0.625. The zero-order valence-corrected chi connectivity index (χ0v) is 12.7. The first-order valence-electron chi connectivity index (χ1n) is 6.43. The summed E-state index contributed by atoms with van der Waals surface area (Å²) in [4.78, 5) is 0. The van der Waals surface area contributed by atoms with Gasteiger partial charge in [0.2, 0.25) is 0 Å². The molecule has 1 aromatic rings. The zero-order chi connectivity index (χ0) is 14.1. The Kier molecular flexibility index (Phi) is 4.12. The van der Waals surface area contributed by atoms with Gasteiger partial charge in [-0.3, -0.25) is 0 Å². The van der Waals surface area contributed by atoms with Gasteiger partial charge in [0, 0.05) is 7.11 Å². The Bertz CT molecular complexity index is 408. The summed E-state index contributed by atoms with van der Waals surface area (Å²) in [6, 6.07) is 5.78. The predicted octanol–water partition coefficient (Wildman–Crippen LogP) is 4.42. The average molecular weight is 250 g/mol. The van der Waals surface area contributed by atoms with E-state index in [0.717, 1.165) is 11.1 Å². The van der Waals surface area contributed by atoms with Gasteiger partial charge < -0.3 is 9.84 Å². The fourth-order valence-corrected chi connectivity index (χ4v) is 2.31. The monoisotopic (exact) mass is 250 g/mol. The average Bonchev–Trinajstić information content (AvgIpc) is 2.17. The van der Waals surface area contributed by atoms with Crippen molar-refractivity contribution in [1.82, 2.24) is 0 Å². The van der Waals surface area contributed by atoms with Crippen molar-refractivity contribution in [3.8, 4) is 5.75 Å². The van der Waals surface area contributed by atoms with Crippen molar-refractivity contribution in [3.05, 3.63) is 29.3 Å². The van der Waals surface area contributed by atoms with Crippen molar-refractivity contribution in [2.24, 2.45) is 5.41 Å². The molecule has 0 heterocycles. The molecule has 0 aliphatic heterocycles. The molecule has 0 radical (unpaired) electrons. The second-order valence-electron chi connectivity index (χ2n) is 7.01. The van der Waals surface area contributed by atoms with Gasteiger partial charge in [0.15, 0.2) is 0 Å². The summed E-state index contributed by atoms with van der Waals surface area (Å²) in [5, 5.41) is 9.99. The van der Waals surface area contributed by atoms with E-state index in [1.165, 1.54) is 0 Å². The van der Waals surface area contributed by atoms with Crippen LogP contribution in [0.3, 0.4) is 0 Å². The summed E-state index contributed by atoms with van der Waals surface area (Å²) in [7, 11) is 1.74. The van der Waals surface area contributed by atoms with Gasteiger partial charge in [-0.25, -0.2) is 0 Å². The largest absolute Gasteiger partial charge is 0.508 e. The van der Waals surface area contributed by atoms with Gasteiger partial charge in [-0.2, -0.15) is 0 Å². The first kappa shape index (κ1) is 15.0. The molecule has 0 aliphatic carbocycles. The second-order valence-corrected chi connectivity index (χ2v) is 7.01. The predicted molar refractivity (Wildman–Crippen MR) is 76.0 cm³/mol. The van der Waals surface area contributed by atoms with Crippen LogP contribution in [0.5, 0.6) is 5.75 Å². The number of phenolic OH excluding ortho intramolecular Hbond substituents is 1. The van der Waals surface area contributed by atoms with Gasteiger partial charge in [-0.05, 0) is 34.1 Å². The summed E-state index contributed by atoms with van der Waals surface area (Å²) < 4.78 is 5.63. The lowest BCUT2D eigenvalue weighted by Gasteiger charge is -2.31. The lowest BCUT2D eigenvalue weighted by molar-refractivity contribution is 0.0151. The lowest BCUT2D eigenvalue weighted by atomic mass is 9.80. The van der Waals surface area contributed by atoms with E-state index in [0.29, 0.717) is 5.75 Å². The van der Waals surface area contributed by atoms with E-state index in [1.807, 2.05) is 6.07 Å². The van der Waals surface area contributed by atoms with E-state index in [1.54, 1.807) is 13.2 Å². The Morgan fingerprint density at radius 2 is 1.61 bits per heavy atom. The maximum Gasteiger partial charge on any atom is 0.119 e. The maximum absolute atomic E-state index is 9.99. The first-order chi connectivity index (χ1) is 8.07. The quantitative estimate of drug-likeness (QED) is 0.841. The van der Waals surface area contributed by atoms with E-state index < -0.39 is 0 Å². The van der Waals surface area contributed by atoms with E-state index in [4.69, 9.17) is 4.74 Å². The Morgan fingerprint density at radius 3 is 2.00 bits per heavy atom. The smallest absolute Gasteiger partial charge is 0.119 e. The van der Waals surface area contributed by atoms with Crippen LogP contribution < -0.4 is 0 Å². The molecule has 0 spiro atoms. The fourth-order valence-electron chi connectivity index (χ4n) is 2.31. The minimum absolute atomic E-state index is 0.0270. The highest BCUT2D eigenvalue weighted by molar-refractivity contribution is 5.41. The van der Waals surface area contributed by atoms with Gasteiger partial charge in [0.1, 0.15) is 5.75 Å². The van der Waals surface area contributed by atoms with Gasteiger partial charge in [0.25, 0.3) is 0 Å². The molecule has 1 atom stereocenters. The molecule has 0 aromatic heterocycles. The summed E-state index contributed by atoms with van der Waals surface area (Å²) in [5.74, 6) is 0.356. The van der Waals surface area contributed by atoms with Gasteiger partial charge in [-0.1, -0.05) is 47.6 Å². The van der Waals surface area contributed by atoms with Crippen LogP contribution in [0.2, 0.25) is 0 Å². The lowest BCUT2D eigenvalue weighted by Crippen LogP contribution is -2.21. The standard InChI is InChI=1S/C16H26O2/c1-15(2,3)12-10-11(8-9-13(12)17)14(18-7)16(4,5)6/h8-10,14,17H,1-7H3. The summed E-state index contributed by atoms with van der Waals surface area (Å²) in [5.41, 5.74) is 2.04. The van der Waals surface area contributed by atoms with Crippen LogP contribution in [0.25, 0.3) is 0 Å². The van der Waals surface area contributed by atoms with Gasteiger partial charge >= 0.3 is 0 Å². The van der Waals surface area contributed by atoms with Crippen molar-refractivity contribution in [1.29, 1.82) is 0 Å². The van der Waals surface area contributed by atoms with Gasteiger partial charge in [0.05, 0.1) is 6.10 Å². The van der Waals surface area contributed by atoms with E-state index in [9.17, 15) is 5.11 Å². The third-order valence-corrected chi connectivity index (χ3v) is 3.15. The molecular formula is C16H26O2. The molecule has 1 unspecified atom stereocenters. The summed E-state index contributed by atoms with van der Waals surface area (Å²) in [6.45, 7) is 12.8. The number of rotatable bonds is 2. The molecule has 18 heavy (non-hydrogen) atoms. The van der Waals surface area contributed by atoms with Crippen LogP contribution in [0.4, 0.5) is 0 Å². The highest BCUT2D eigenvalue weighted by Gasteiger charge is 2.28. The van der Waals surface area contributed by atoms with Crippen LogP contribution in [-0.2, 0) is 10.2 Å². The minimum atomic E-state index is -0.0731. The van der Waals surface area contributed by atoms with E-state index in [2.05, 4.69) is 47.6 Å². The highest BCUT2D eigenvalue weighted by atomic mass is 16.5. The van der Waals surface area contributed by atoms with Crippen LogP contribution in [-0.4, -0.2) is 12.2 Å². The third-order valence-electron chi connectivity index (χ3n) is 3.15. The number of methoxy groups -OCH3 is 1. The van der Waals surface area contributed by atoms with Crippen molar-refractivity contribution in [3.63, 3.8) is 0 Å². The molecule has 1 N–H and O–H groups in total. The number of ether oxygens (including phenoxy) is 1. The number of hydrogen-bond acceptors (Lipinski definition) is 2. The normalized spacial score (nSPS) is 14.6. The molecule has 0 fully saturated rings. The molecule has 1 rings (SSSR count). The van der Waals surface area contributed by atoms with E-state index in [-0.39, 0.29) is 16.9 Å². The molecule has 0 bridgehead atoms. The topological polar surface area (TPSA) is 29.5 Å². The molecule has 2 nitrogen and oxygen atoms in total. The molecule has 1 aromatic carbocycles. The van der Waals surface area contributed by atoms with Crippen molar-refractivity contribution < 1.29 is 9.84 Å². The number of phenols is 1. The van der Waals surface area contributed by atoms with E-state index >= 15 is 0 Å². The first-order valence-corrected chi connectivity index (χ1v) is 6.43. The molecule has 102 valence electrons. The number of aromatic hydroxyl groups is 1. The SMILES string of the molecule is COC(c1ccc(O)c(C(C)(C)C)c1)C(C)(C)C. The Morgan fingerprint density at radius 1 is 1.06 bits per heavy atom. The number of hydrogen-bond donors (Lipinski definition) is 1. The molecule has 0 saturated carbocycles. The third kappa shape index (κ3) is 3.26. The number of benzene rings is 1. The van der Waals surface area contributed by atoms with Crippen LogP contribution in [0, 0.1) is 5.41 Å². The van der Waals surface area contributed by atoms with Crippen LogP contribution in [0.15, 0.2) is 18.2 Å². The molecule has 0 aliphatic rings. The summed E-state index contributed by atoms with van der Waals surface area (Å²) >= 11 is 0. The second kappa shape index (κ2) is 4.93. The molecule has 2 heteroatoms. The Hall–Kier alpha value is -1.02. The molecule has 0 saturated heterocycles. The van der Waals surface area contributed by atoms with Crippen molar-refractivity contribution >= 4 is 0 Å². The summed E-state index contributed by atoms with van der Waals surface area (Å²) in [6.07, 6.45) is 0.0270. The Balaban J connectivity index is 3.28. The minimum Gasteiger partial charge on any atom is -0.508 e. The molecular weight excluding hydrogens is 224 g/mol.